The normalized spacial score (nSPS) is 9.62. The number of alkyl halides is 1. The number of halogens is 1. The number of Topliss-reactive ketones (excluding diaryl/α,β-unsaturated/α-hetero) is 2. The minimum atomic E-state index is -0.400. The van der Waals surface area contributed by atoms with Gasteiger partial charge in [0.15, 0.2) is 11.6 Å². The van der Waals surface area contributed by atoms with E-state index < -0.39 is 5.97 Å². The van der Waals surface area contributed by atoms with Gasteiger partial charge < -0.3 is 9.47 Å². The molecule has 0 unspecified atom stereocenters. The summed E-state index contributed by atoms with van der Waals surface area (Å²) in [6, 6.07) is 14.1. The second-order valence-electron chi connectivity index (χ2n) is 6.92. The van der Waals surface area contributed by atoms with Crippen molar-refractivity contribution in [3.05, 3.63) is 81.2 Å². The second kappa shape index (κ2) is 16.2. The van der Waals surface area contributed by atoms with Gasteiger partial charge in [0.25, 0.3) is 0 Å². The molecule has 0 atom stereocenters. The predicted octanol–water partition coefficient (Wildman–Crippen LogP) is 5.35. The molecule has 0 aliphatic heterocycles. The number of benzene rings is 2. The van der Waals surface area contributed by atoms with E-state index in [2.05, 4.69) is 35.4 Å². The summed E-state index contributed by atoms with van der Waals surface area (Å²) in [7, 11) is 2.61. The molecule has 9 nitrogen and oxygen atoms in total. The smallest absolute Gasteiger partial charge is 0.305 e. The van der Waals surface area contributed by atoms with Crippen LogP contribution in [0.15, 0.2) is 53.6 Å². The van der Waals surface area contributed by atoms with Crippen molar-refractivity contribution in [2.75, 3.05) is 14.2 Å². The first kappa shape index (κ1) is 28.5. The van der Waals surface area contributed by atoms with Gasteiger partial charge in [-0.1, -0.05) is 69.6 Å². The average Bonchev–Trinajstić information content (AvgIpc) is 2.89. The summed E-state index contributed by atoms with van der Waals surface area (Å²) in [6.45, 7) is 0.257. The van der Waals surface area contributed by atoms with Crippen LogP contribution in [0, 0.1) is 0 Å². The Morgan fingerprint density at radius 3 is 1.53 bits per heavy atom. The number of hydrogen-bond donors (Lipinski definition) is 0. The van der Waals surface area contributed by atoms with Crippen molar-refractivity contribution in [2.24, 2.45) is 5.11 Å². The Morgan fingerprint density at radius 2 is 1.18 bits per heavy atom. The van der Waals surface area contributed by atoms with Crippen molar-refractivity contribution < 1.29 is 28.7 Å². The van der Waals surface area contributed by atoms with Crippen molar-refractivity contribution >= 4 is 39.4 Å². The monoisotopic (exact) mass is 531 g/mol. The number of carbonyl (C=O) groups excluding carboxylic acids is 4. The molecule has 180 valence electrons. The van der Waals surface area contributed by atoms with E-state index in [1.807, 2.05) is 12.1 Å². The molecule has 0 aliphatic rings. The Bertz CT molecular complexity index is 1020. The molecule has 10 heteroatoms. The summed E-state index contributed by atoms with van der Waals surface area (Å²) < 4.78 is 8.94. The van der Waals surface area contributed by atoms with Crippen molar-refractivity contribution in [3.8, 4) is 0 Å². The van der Waals surface area contributed by atoms with E-state index in [1.54, 1.807) is 36.4 Å². The SMILES string of the molecule is COC(=O)CCC(=O)c1ccc(CBr)cc1.COC(=O)CCC(=O)c1ccc(CN=[N+]=[N-])cc1. The molecule has 0 aromatic heterocycles. The minimum absolute atomic E-state index is 0.0356. The van der Waals surface area contributed by atoms with E-state index in [0.717, 1.165) is 16.5 Å². The lowest BCUT2D eigenvalue weighted by molar-refractivity contribution is -0.141. The molecule has 0 saturated heterocycles. The van der Waals surface area contributed by atoms with E-state index in [1.165, 1.54) is 14.2 Å². The third-order valence-corrected chi connectivity index (χ3v) is 5.24. The number of rotatable bonds is 11. The Hall–Kier alpha value is -3.49. The molecule has 2 aromatic carbocycles. The predicted molar refractivity (Wildman–Crippen MR) is 130 cm³/mol. The summed E-state index contributed by atoms with van der Waals surface area (Å²) in [5, 5.41) is 4.19. The lowest BCUT2D eigenvalue weighted by Crippen LogP contribution is -2.06. The van der Waals surface area contributed by atoms with Gasteiger partial charge in [0.2, 0.25) is 0 Å². The van der Waals surface area contributed by atoms with Crippen LogP contribution in [0.4, 0.5) is 0 Å². The standard InChI is InChI=1S/C12H13BrO3.C12H13N3O3/c1-16-12(15)7-6-11(14)10-4-2-9(8-13)3-5-10;1-18-12(17)7-6-11(16)10-4-2-9(3-5-10)8-14-15-13/h2-5H,6-8H2,1H3;2-5H,6-8H2,1H3. The van der Waals surface area contributed by atoms with Crippen LogP contribution in [0.5, 0.6) is 0 Å². The van der Waals surface area contributed by atoms with Gasteiger partial charge in [0.05, 0.1) is 33.6 Å². The molecular formula is C24H26BrN3O6. The number of hydrogen-bond acceptors (Lipinski definition) is 7. The number of carbonyl (C=O) groups is 4. The third kappa shape index (κ3) is 10.9. The molecule has 2 aromatic rings. The Balaban J connectivity index is 0.000000342. The molecular weight excluding hydrogens is 506 g/mol. The highest BCUT2D eigenvalue weighted by Gasteiger charge is 2.10. The number of methoxy groups -OCH3 is 2. The van der Waals surface area contributed by atoms with Crippen molar-refractivity contribution in [2.45, 2.75) is 37.6 Å². The van der Waals surface area contributed by atoms with Crippen molar-refractivity contribution in [1.29, 1.82) is 0 Å². The fourth-order valence-corrected chi connectivity index (χ4v) is 2.99. The van der Waals surface area contributed by atoms with Gasteiger partial charge in [-0.15, -0.1) is 0 Å². The molecule has 0 aliphatic carbocycles. The van der Waals surface area contributed by atoms with Crippen LogP contribution < -0.4 is 0 Å². The summed E-state index contributed by atoms with van der Waals surface area (Å²) in [5.41, 5.74) is 11.3. The lowest BCUT2D eigenvalue weighted by Gasteiger charge is -2.02. The molecule has 0 fully saturated rings. The largest absolute Gasteiger partial charge is 0.469 e. The van der Waals surface area contributed by atoms with Crippen LogP contribution in [0.25, 0.3) is 10.4 Å². The maximum absolute atomic E-state index is 11.7. The quantitative estimate of drug-likeness (QED) is 0.0956. The van der Waals surface area contributed by atoms with E-state index in [9.17, 15) is 19.2 Å². The highest BCUT2D eigenvalue weighted by molar-refractivity contribution is 9.08. The zero-order valence-corrected chi connectivity index (χ0v) is 20.6. The molecule has 0 bridgehead atoms. The maximum Gasteiger partial charge on any atom is 0.305 e. The number of esters is 2. The zero-order valence-electron chi connectivity index (χ0n) is 19.0. The van der Waals surface area contributed by atoms with Gasteiger partial charge >= 0.3 is 11.9 Å². The molecule has 0 radical (unpaired) electrons. The fraction of sp³-hybridized carbons (Fsp3) is 0.333. The van der Waals surface area contributed by atoms with Crippen molar-refractivity contribution in [1.82, 2.24) is 0 Å². The first-order chi connectivity index (χ1) is 16.3. The van der Waals surface area contributed by atoms with Gasteiger partial charge in [-0.25, -0.2) is 0 Å². The zero-order chi connectivity index (χ0) is 25.3. The maximum atomic E-state index is 11.7. The minimum Gasteiger partial charge on any atom is -0.469 e. The molecule has 0 spiro atoms. The summed E-state index contributed by atoms with van der Waals surface area (Å²) in [6.07, 6.45) is 0.536. The molecule has 0 saturated carbocycles. The Morgan fingerprint density at radius 1 is 0.765 bits per heavy atom. The van der Waals surface area contributed by atoms with E-state index in [0.29, 0.717) is 11.1 Å². The first-order valence-corrected chi connectivity index (χ1v) is 11.4. The van der Waals surface area contributed by atoms with E-state index >= 15 is 0 Å². The van der Waals surface area contributed by atoms with Gasteiger partial charge in [0, 0.05) is 34.2 Å². The van der Waals surface area contributed by atoms with Crippen LogP contribution in [-0.4, -0.2) is 37.7 Å². The van der Waals surface area contributed by atoms with E-state index in [-0.39, 0.29) is 49.8 Å². The number of ether oxygens (including phenoxy) is 2. The number of ketones is 2. The lowest BCUT2D eigenvalue weighted by atomic mass is 10.0. The average molecular weight is 532 g/mol. The van der Waals surface area contributed by atoms with Crippen LogP contribution in [0.3, 0.4) is 0 Å². The van der Waals surface area contributed by atoms with Gasteiger partial charge in [-0.3, -0.25) is 19.2 Å². The Labute approximate surface area is 206 Å². The molecule has 0 heterocycles. The summed E-state index contributed by atoms with van der Waals surface area (Å²) in [4.78, 5) is 47.8. The molecule has 0 amide bonds. The number of nitrogens with zero attached hydrogens (tertiary/aromatic N) is 3. The number of azide groups is 1. The highest BCUT2D eigenvalue weighted by atomic mass is 79.9. The van der Waals surface area contributed by atoms with Gasteiger partial charge in [0.1, 0.15) is 0 Å². The molecule has 34 heavy (non-hydrogen) atoms. The van der Waals surface area contributed by atoms with Gasteiger partial charge in [-0.05, 0) is 16.7 Å². The summed E-state index contributed by atoms with van der Waals surface area (Å²) >= 11 is 3.33. The van der Waals surface area contributed by atoms with Crippen LogP contribution in [0.1, 0.15) is 57.5 Å². The van der Waals surface area contributed by atoms with E-state index in [4.69, 9.17) is 5.53 Å². The first-order valence-electron chi connectivity index (χ1n) is 10.3. The topological polar surface area (TPSA) is 136 Å². The molecule has 2 rings (SSSR count). The van der Waals surface area contributed by atoms with Gasteiger partial charge in [-0.2, -0.15) is 0 Å². The Kier molecular flexibility index (Phi) is 13.6. The van der Waals surface area contributed by atoms with Crippen molar-refractivity contribution in [3.63, 3.8) is 0 Å². The van der Waals surface area contributed by atoms with Crippen LogP contribution >= 0.6 is 15.9 Å². The van der Waals surface area contributed by atoms with Crippen LogP contribution in [0.2, 0.25) is 0 Å². The second-order valence-corrected chi connectivity index (χ2v) is 7.48. The third-order valence-electron chi connectivity index (χ3n) is 4.59. The molecule has 0 N–H and O–H groups in total. The summed E-state index contributed by atoms with van der Waals surface area (Å²) in [5.74, 6) is -0.906. The fourth-order valence-electron chi connectivity index (χ4n) is 2.61. The highest BCUT2D eigenvalue weighted by Crippen LogP contribution is 2.11. The van der Waals surface area contributed by atoms with Crippen LogP contribution in [-0.2, 0) is 30.9 Å².